The fourth-order valence-corrected chi connectivity index (χ4v) is 2.59. The largest absolute Gasteiger partial charge is 0.417 e. The zero-order valence-corrected chi connectivity index (χ0v) is 12.4. The van der Waals surface area contributed by atoms with E-state index in [0.29, 0.717) is 18.7 Å². The van der Waals surface area contributed by atoms with Crippen molar-refractivity contribution in [3.05, 3.63) is 45.9 Å². The molecule has 0 aliphatic heterocycles. The summed E-state index contributed by atoms with van der Waals surface area (Å²) >= 11 is 6.16. The lowest BCUT2D eigenvalue weighted by atomic mass is 10.1. The van der Waals surface area contributed by atoms with E-state index in [1.165, 1.54) is 23.5 Å². The van der Waals surface area contributed by atoms with E-state index in [1.54, 1.807) is 6.20 Å². The number of nitrogens with two attached hydrogens (primary N) is 1. The zero-order chi connectivity index (χ0) is 15.5. The fourth-order valence-electron chi connectivity index (χ4n) is 1.79. The second-order valence-corrected chi connectivity index (χ2v) is 5.64. The molecule has 0 saturated heterocycles. The standard InChI is InChI=1S/C13H12F3N3S2/c14-13(15,16)10-7-8(1-2-9(10)12(17)20)18-4-3-11-19-5-6-21-11/h1-2,5-7,18H,3-4H2,(H2,17,20). The molecule has 3 nitrogen and oxygen atoms in total. The number of aromatic nitrogens is 1. The minimum atomic E-state index is -4.49. The Morgan fingerprint density at radius 3 is 2.71 bits per heavy atom. The number of anilines is 1. The summed E-state index contributed by atoms with van der Waals surface area (Å²) in [4.78, 5) is 3.84. The maximum Gasteiger partial charge on any atom is 0.417 e. The topological polar surface area (TPSA) is 50.9 Å². The van der Waals surface area contributed by atoms with E-state index in [9.17, 15) is 13.2 Å². The number of alkyl halides is 3. The van der Waals surface area contributed by atoms with Gasteiger partial charge in [-0.3, -0.25) is 0 Å². The van der Waals surface area contributed by atoms with Crippen LogP contribution in [0.4, 0.5) is 18.9 Å². The van der Waals surface area contributed by atoms with Crippen LogP contribution in [-0.2, 0) is 12.6 Å². The number of benzene rings is 1. The van der Waals surface area contributed by atoms with E-state index in [1.807, 2.05) is 5.38 Å². The van der Waals surface area contributed by atoms with Crippen LogP contribution in [0.25, 0.3) is 0 Å². The van der Waals surface area contributed by atoms with Crippen LogP contribution in [0.5, 0.6) is 0 Å². The van der Waals surface area contributed by atoms with Gasteiger partial charge in [-0.1, -0.05) is 12.2 Å². The van der Waals surface area contributed by atoms with Gasteiger partial charge in [-0.05, 0) is 18.2 Å². The van der Waals surface area contributed by atoms with Gasteiger partial charge in [0.2, 0.25) is 0 Å². The smallest absolute Gasteiger partial charge is 0.389 e. The van der Waals surface area contributed by atoms with Crippen molar-refractivity contribution in [2.75, 3.05) is 11.9 Å². The van der Waals surface area contributed by atoms with Crippen molar-refractivity contribution in [3.8, 4) is 0 Å². The minimum Gasteiger partial charge on any atom is -0.389 e. The Labute approximate surface area is 129 Å². The summed E-state index contributed by atoms with van der Waals surface area (Å²) in [5, 5.41) is 5.73. The molecule has 2 rings (SSSR count). The van der Waals surface area contributed by atoms with Gasteiger partial charge in [0.05, 0.1) is 10.6 Å². The molecule has 0 unspecified atom stereocenters. The number of thiazole rings is 1. The molecule has 1 aromatic carbocycles. The minimum absolute atomic E-state index is 0.164. The lowest BCUT2D eigenvalue weighted by Gasteiger charge is -2.14. The summed E-state index contributed by atoms with van der Waals surface area (Å²) in [5.41, 5.74) is 4.72. The van der Waals surface area contributed by atoms with E-state index in [4.69, 9.17) is 5.73 Å². The average molecular weight is 331 g/mol. The fraction of sp³-hybridized carbons (Fsp3) is 0.231. The molecule has 2 aromatic rings. The quantitative estimate of drug-likeness (QED) is 0.824. The molecular weight excluding hydrogens is 319 g/mol. The van der Waals surface area contributed by atoms with E-state index in [2.05, 4.69) is 22.5 Å². The highest BCUT2D eigenvalue weighted by Crippen LogP contribution is 2.33. The predicted octanol–water partition coefficient (Wildman–Crippen LogP) is 3.45. The third kappa shape index (κ3) is 4.15. The first-order chi connectivity index (χ1) is 9.88. The first-order valence-electron chi connectivity index (χ1n) is 6.01. The highest BCUT2D eigenvalue weighted by atomic mass is 32.1. The molecule has 0 atom stereocenters. The number of hydrogen-bond donors (Lipinski definition) is 2. The first-order valence-corrected chi connectivity index (χ1v) is 7.30. The Bertz CT molecular complexity index is 624. The van der Waals surface area contributed by atoms with Crippen LogP contribution in [-0.4, -0.2) is 16.5 Å². The van der Waals surface area contributed by atoms with E-state index in [0.717, 1.165) is 11.1 Å². The van der Waals surface area contributed by atoms with E-state index in [-0.39, 0.29) is 10.6 Å². The average Bonchev–Trinajstić information content (AvgIpc) is 2.90. The molecule has 0 aliphatic carbocycles. The maximum atomic E-state index is 13.0. The monoisotopic (exact) mass is 331 g/mol. The molecule has 0 amide bonds. The van der Waals surface area contributed by atoms with Gasteiger partial charge in [0.15, 0.2) is 0 Å². The highest BCUT2D eigenvalue weighted by Gasteiger charge is 2.34. The molecule has 112 valence electrons. The second-order valence-electron chi connectivity index (χ2n) is 4.22. The molecule has 0 fully saturated rings. The molecule has 3 N–H and O–H groups in total. The first kappa shape index (κ1) is 15.7. The zero-order valence-electron chi connectivity index (χ0n) is 10.8. The molecule has 1 aromatic heterocycles. The van der Waals surface area contributed by atoms with Crippen molar-refractivity contribution < 1.29 is 13.2 Å². The summed E-state index contributed by atoms with van der Waals surface area (Å²) in [6, 6.07) is 3.85. The van der Waals surface area contributed by atoms with Crippen LogP contribution in [0, 0.1) is 0 Å². The van der Waals surface area contributed by atoms with Crippen LogP contribution in [0.3, 0.4) is 0 Å². The summed E-state index contributed by atoms with van der Waals surface area (Å²) in [6.45, 7) is 0.497. The number of halogens is 3. The van der Waals surface area contributed by atoms with Crippen LogP contribution in [0.1, 0.15) is 16.1 Å². The predicted molar refractivity (Wildman–Crippen MR) is 81.6 cm³/mol. The Morgan fingerprint density at radius 2 is 2.14 bits per heavy atom. The second kappa shape index (κ2) is 6.40. The van der Waals surface area contributed by atoms with Gasteiger partial charge in [0, 0.05) is 35.8 Å². The van der Waals surface area contributed by atoms with Gasteiger partial charge in [-0.25, -0.2) is 4.98 Å². The van der Waals surface area contributed by atoms with Crippen molar-refractivity contribution >= 4 is 34.2 Å². The molecule has 8 heteroatoms. The summed E-state index contributed by atoms with van der Waals surface area (Å²) in [5.74, 6) is 0. The third-order valence-corrected chi connectivity index (χ3v) is 3.80. The van der Waals surface area contributed by atoms with Gasteiger partial charge < -0.3 is 11.1 Å². The van der Waals surface area contributed by atoms with Crippen LogP contribution >= 0.6 is 23.6 Å². The van der Waals surface area contributed by atoms with Crippen LogP contribution in [0.15, 0.2) is 29.8 Å². The third-order valence-electron chi connectivity index (χ3n) is 2.74. The Hall–Kier alpha value is -1.67. The number of thiocarbonyl (C=S) groups is 1. The summed E-state index contributed by atoms with van der Waals surface area (Å²) in [7, 11) is 0. The molecule has 0 aliphatic rings. The molecule has 0 saturated carbocycles. The Kier molecular flexibility index (Phi) is 4.79. The molecule has 21 heavy (non-hydrogen) atoms. The van der Waals surface area contributed by atoms with Gasteiger partial charge in [0.1, 0.15) is 4.99 Å². The van der Waals surface area contributed by atoms with E-state index >= 15 is 0 Å². The van der Waals surface area contributed by atoms with Crippen molar-refractivity contribution in [3.63, 3.8) is 0 Å². The van der Waals surface area contributed by atoms with Gasteiger partial charge in [-0.15, -0.1) is 11.3 Å². The Morgan fingerprint density at radius 1 is 1.38 bits per heavy atom. The van der Waals surface area contributed by atoms with E-state index < -0.39 is 11.7 Å². The summed E-state index contributed by atoms with van der Waals surface area (Å²) < 4.78 is 38.9. The van der Waals surface area contributed by atoms with Gasteiger partial charge >= 0.3 is 6.18 Å². The normalized spacial score (nSPS) is 11.4. The molecule has 1 heterocycles. The van der Waals surface area contributed by atoms with Crippen LogP contribution < -0.4 is 11.1 Å². The molecule has 0 spiro atoms. The van der Waals surface area contributed by atoms with Crippen molar-refractivity contribution in [1.82, 2.24) is 4.98 Å². The molecule has 0 radical (unpaired) electrons. The maximum absolute atomic E-state index is 13.0. The van der Waals surface area contributed by atoms with Gasteiger partial charge in [0.25, 0.3) is 0 Å². The Balaban J connectivity index is 2.12. The lowest BCUT2D eigenvalue weighted by molar-refractivity contribution is -0.137. The number of rotatable bonds is 5. The van der Waals surface area contributed by atoms with Crippen molar-refractivity contribution in [2.45, 2.75) is 12.6 Å². The molecular formula is C13H12F3N3S2. The number of hydrogen-bond acceptors (Lipinski definition) is 4. The number of nitrogens with zero attached hydrogens (tertiary/aromatic N) is 1. The van der Waals surface area contributed by atoms with Crippen molar-refractivity contribution in [2.24, 2.45) is 5.73 Å². The van der Waals surface area contributed by atoms with Crippen LogP contribution in [0.2, 0.25) is 0 Å². The molecule has 0 bridgehead atoms. The lowest BCUT2D eigenvalue weighted by Crippen LogP contribution is -2.18. The van der Waals surface area contributed by atoms with Gasteiger partial charge in [-0.2, -0.15) is 13.2 Å². The summed E-state index contributed by atoms with van der Waals surface area (Å²) in [6.07, 6.45) is -2.15. The highest BCUT2D eigenvalue weighted by molar-refractivity contribution is 7.80. The number of nitrogens with one attached hydrogen (secondary N) is 1. The van der Waals surface area contributed by atoms with Crippen molar-refractivity contribution in [1.29, 1.82) is 0 Å². The SMILES string of the molecule is NC(=S)c1ccc(NCCc2nccs2)cc1C(F)(F)F.